The largest absolute Gasteiger partial charge is 0.350 e. The zero-order valence-corrected chi connectivity index (χ0v) is 15.4. The second-order valence-corrected chi connectivity index (χ2v) is 7.79. The normalized spacial score (nSPS) is 37.0. The van der Waals surface area contributed by atoms with Crippen molar-refractivity contribution in [2.24, 2.45) is 0 Å². The van der Waals surface area contributed by atoms with E-state index in [1.807, 2.05) is 58.0 Å². The van der Waals surface area contributed by atoms with E-state index in [0.717, 1.165) is 5.56 Å². The number of hydrogen-bond acceptors (Lipinski definition) is 6. The van der Waals surface area contributed by atoms with Crippen LogP contribution in [0.5, 0.6) is 0 Å². The Bertz CT molecular complexity index is 676. The first-order chi connectivity index (χ1) is 12.2. The Balaban J connectivity index is 1.51. The maximum absolute atomic E-state index is 12.8. The Hall–Kier alpha value is -1.51. The van der Waals surface area contributed by atoms with Gasteiger partial charge >= 0.3 is 0 Å². The molecule has 142 valence electrons. The van der Waals surface area contributed by atoms with Gasteiger partial charge in [0.25, 0.3) is 5.91 Å². The minimum Gasteiger partial charge on any atom is -0.350 e. The van der Waals surface area contributed by atoms with E-state index in [0.29, 0.717) is 6.54 Å². The monoisotopic (exact) mass is 363 g/mol. The van der Waals surface area contributed by atoms with Crippen molar-refractivity contribution < 1.29 is 28.5 Å². The number of ether oxygens (including phenoxy) is 5. The van der Waals surface area contributed by atoms with Crippen molar-refractivity contribution in [3.05, 3.63) is 35.9 Å². The van der Waals surface area contributed by atoms with E-state index in [1.165, 1.54) is 0 Å². The van der Waals surface area contributed by atoms with E-state index < -0.39 is 42.3 Å². The number of fused-ring (bicyclic) bond motifs is 3. The van der Waals surface area contributed by atoms with Crippen molar-refractivity contribution >= 4 is 5.91 Å². The molecule has 3 heterocycles. The van der Waals surface area contributed by atoms with E-state index in [-0.39, 0.29) is 5.91 Å². The predicted molar refractivity (Wildman–Crippen MR) is 90.8 cm³/mol. The zero-order chi connectivity index (χ0) is 18.5. The molecule has 3 aliphatic rings. The van der Waals surface area contributed by atoms with Crippen LogP contribution in [-0.4, -0.2) is 48.2 Å². The number of amides is 1. The quantitative estimate of drug-likeness (QED) is 0.881. The average molecular weight is 363 g/mol. The molecule has 1 aromatic carbocycles. The molecule has 0 saturated carbocycles. The van der Waals surface area contributed by atoms with Crippen molar-refractivity contribution in [1.29, 1.82) is 0 Å². The molecule has 7 heteroatoms. The van der Waals surface area contributed by atoms with Crippen LogP contribution in [0.3, 0.4) is 0 Å². The number of carbonyl (C=O) groups excluding carboxylic acids is 1. The van der Waals surface area contributed by atoms with Crippen molar-refractivity contribution in [3.63, 3.8) is 0 Å². The summed E-state index contributed by atoms with van der Waals surface area (Å²) >= 11 is 0. The summed E-state index contributed by atoms with van der Waals surface area (Å²) in [7, 11) is 0. The van der Waals surface area contributed by atoms with Crippen LogP contribution in [0.25, 0.3) is 0 Å². The summed E-state index contributed by atoms with van der Waals surface area (Å²) in [5, 5.41) is 2.91. The Morgan fingerprint density at radius 1 is 0.923 bits per heavy atom. The lowest BCUT2D eigenvalue weighted by Gasteiger charge is -2.36. The number of carbonyl (C=O) groups is 1. The number of hydrogen-bond donors (Lipinski definition) is 1. The van der Waals surface area contributed by atoms with E-state index in [9.17, 15) is 4.79 Å². The molecule has 3 saturated heterocycles. The molecule has 1 aromatic rings. The summed E-state index contributed by atoms with van der Waals surface area (Å²) in [6, 6.07) is 9.71. The first-order valence-corrected chi connectivity index (χ1v) is 8.92. The van der Waals surface area contributed by atoms with Gasteiger partial charge in [0.1, 0.15) is 18.3 Å². The van der Waals surface area contributed by atoms with Crippen molar-refractivity contribution in [3.8, 4) is 0 Å². The molecular formula is C19H25NO6. The molecule has 0 aliphatic carbocycles. The van der Waals surface area contributed by atoms with E-state index in [4.69, 9.17) is 23.7 Å². The SMILES string of the molecule is CC1(C)OC2OC(C(=O)NCc3ccccc3)C3OC(C)(C)OC3C2O1. The third-order valence-electron chi connectivity index (χ3n) is 4.72. The van der Waals surface area contributed by atoms with Gasteiger partial charge in [0.05, 0.1) is 0 Å². The highest BCUT2D eigenvalue weighted by Gasteiger charge is 2.62. The van der Waals surface area contributed by atoms with Gasteiger partial charge in [0.2, 0.25) is 0 Å². The fourth-order valence-electron chi connectivity index (χ4n) is 3.71. The fraction of sp³-hybridized carbons (Fsp3) is 0.632. The zero-order valence-electron chi connectivity index (χ0n) is 15.4. The van der Waals surface area contributed by atoms with Gasteiger partial charge in [-0.2, -0.15) is 0 Å². The highest BCUT2D eigenvalue weighted by atomic mass is 16.9. The van der Waals surface area contributed by atoms with Gasteiger partial charge in [-0.1, -0.05) is 30.3 Å². The molecule has 0 bridgehead atoms. The van der Waals surface area contributed by atoms with Gasteiger partial charge < -0.3 is 29.0 Å². The third kappa shape index (κ3) is 3.37. The molecule has 5 unspecified atom stereocenters. The highest BCUT2D eigenvalue weighted by molar-refractivity contribution is 5.81. The molecule has 0 spiro atoms. The summed E-state index contributed by atoms with van der Waals surface area (Å²) in [4.78, 5) is 12.8. The molecule has 1 N–H and O–H groups in total. The van der Waals surface area contributed by atoms with Gasteiger partial charge in [0.15, 0.2) is 24.0 Å². The van der Waals surface area contributed by atoms with E-state index in [2.05, 4.69) is 5.32 Å². The topological polar surface area (TPSA) is 75.3 Å². The number of rotatable bonds is 3. The van der Waals surface area contributed by atoms with Crippen LogP contribution in [0.1, 0.15) is 33.3 Å². The summed E-state index contributed by atoms with van der Waals surface area (Å²) in [6.45, 7) is 7.68. The lowest BCUT2D eigenvalue weighted by Crippen LogP contribution is -2.59. The molecule has 7 nitrogen and oxygen atoms in total. The predicted octanol–water partition coefficient (Wildman–Crippen LogP) is 1.70. The maximum atomic E-state index is 12.8. The molecule has 0 radical (unpaired) electrons. The molecule has 5 atom stereocenters. The lowest BCUT2D eigenvalue weighted by molar-refractivity contribution is -0.231. The Morgan fingerprint density at radius 3 is 2.27 bits per heavy atom. The second kappa shape index (κ2) is 6.28. The van der Waals surface area contributed by atoms with Gasteiger partial charge in [-0.05, 0) is 33.3 Å². The summed E-state index contributed by atoms with van der Waals surface area (Å²) in [6.07, 6.45) is -2.92. The molecule has 4 rings (SSSR count). The number of benzene rings is 1. The van der Waals surface area contributed by atoms with Crippen molar-refractivity contribution in [2.75, 3.05) is 0 Å². The smallest absolute Gasteiger partial charge is 0.252 e. The minimum atomic E-state index is -0.829. The maximum Gasteiger partial charge on any atom is 0.252 e. The van der Waals surface area contributed by atoms with Gasteiger partial charge in [-0.25, -0.2) is 0 Å². The summed E-state index contributed by atoms with van der Waals surface area (Å²) in [5.41, 5.74) is 1.01. The Labute approximate surface area is 152 Å². The third-order valence-corrected chi connectivity index (χ3v) is 4.72. The first kappa shape index (κ1) is 17.9. The second-order valence-electron chi connectivity index (χ2n) is 7.79. The van der Waals surface area contributed by atoms with Gasteiger partial charge in [-0.15, -0.1) is 0 Å². The van der Waals surface area contributed by atoms with Gasteiger partial charge in [0, 0.05) is 6.54 Å². The van der Waals surface area contributed by atoms with Crippen LogP contribution in [0, 0.1) is 0 Å². The van der Waals surface area contributed by atoms with Crippen molar-refractivity contribution in [1.82, 2.24) is 5.32 Å². The Kier molecular flexibility index (Phi) is 4.32. The minimum absolute atomic E-state index is 0.253. The molecule has 3 fully saturated rings. The Morgan fingerprint density at radius 2 is 1.54 bits per heavy atom. The van der Waals surface area contributed by atoms with E-state index in [1.54, 1.807) is 0 Å². The van der Waals surface area contributed by atoms with Crippen LogP contribution in [0.4, 0.5) is 0 Å². The standard InChI is InChI=1S/C19H25NO6/c1-18(2)23-12-13(24-18)15-17(26-19(3,4)25-15)22-14(12)16(21)20-10-11-8-6-5-7-9-11/h5-9,12-15,17H,10H2,1-4H3,(H,20,21). The lowest BCUT2D eigenvalue weighted by atomic mass is 9.98. The summed E-state index contributed by atoms with van der Waals surface area (Å²) in [5.74, 6) is -1.87. The van der Waals surface area contributed by atoms with Crippen LogP contribution in [0.15, 0.2) is 30.3 Å². The van der Waals surface area contributed by atoms with E-state index >= 15 is 0 Å². The molecule has 1 amide bonds. The van der Waals surface area contributed by atoms with Gasteiger partial charge in [-0.3, -0.25) is 4.79 Å². The van der Waals surface area contributed by atoms with Crippen LogP contribution >= 0.6 is 0 Å². The molecular weight excluding hydrogens is 338 g/mol. The van der Waals surface area contributed by atoms with Crippen LogP contribution in [-0.2, 0) is 35.0 Å². The van der Waals surface area contributed by atoms with Crippen LogP contribution < -0.4 is 5.32 Å². The molecule has 0 aromatic heterocycles. The highest BCUT2D eigenvalue weighted by Crippen LogP contribution is 2.44. The van der Waals surface area contributed by atoms with Crippen LogP contribution in [0.2, 0.25) is 0 Å². The fourth-order valence-corrected chi connectivity index (χ4v) is 3.71. The number of nitrogens with one attached hydrogen (secondary N) is 1. The molecule has 3 aliphatic heterocycles. The first-order valence-electron chi connectivity index (χ1n) is 8.92. The average Bonchev–Trinajstić information content (AvgIpc) is 3.06. The van der Waals surface area contributed by atoms with Crippen molar-refractivity contribution in [2.45, 2.75) is 76.5 Å². The summed E-state index contributed by atoms with van der Waals surface area (Å²) < 4.78 is 29.7. The molecule has 26 heavy (non-hydrogen) atoms.